The molecular weight excluding hydrogens is 182 g/mol. The topological polar surface area (TPSA) is 80.4 Å². The number of rotatable bonds is 2. The third kappa shape index (κ3) is 1.42. The lowest BCUT2D eigenvalue weighted by atomic mass is 10.3. The minimum absolute atomic E-state index is 0.000741. The summed E-state index contributed by atoms with van der Waals surface area (Å²) in [6.07, 6.45) is 0. The summed E-state index contributed by atoms with van der Waals surface area (Å²) in [7, 11) is 0. The maximum Gasteiger partial charge on any atom is 0.346 e. The highest BCUT2D eigenvalue weighted by molar-refractivity contribution is 7.17. The Morgan fingerprint density at radius 3 is 2.58 bits per heavy atom. The van der Waals surface area contributed by atoms with E-state index in [0.717, 1.165) is 0 Å². The van der Waals surface area contributed by atoms with Crippen molar-refractivity contribution in [3.8, 4) is 0 Å². The molecule has 0 saturated carbocycles. The molecule has 6 heteroatoms. The van der Waals surface area contributed by atoms with Crippen LogP contribution in [0.25, 0.3) is 0 Å². The quantitative estimate of drug-likeness (QED) is 0.564. The summed E-state index contributed by atoms with van der Waals surface area (Å²) in [6, 6.07) is 1.30. The van der Waals surface area contributed by atoms with Gasteiger partial charge in [-0.2, -0.15) is 0 Å². The number of hydrogen-bond donors (Lipinski definition) is 1. The molecule has 0 aliphatic heterocycles. The normalized spacial score (nSPS) is 9.75. The first kappa shape index (κ1) is 8.66. The van der Waals surface area contributed by atoms with Gasteiger partial charge in [0, 0.05) is 5.56 Å². The van der Waals surface area contributed by atoms with Crippen LogP contribution in [0, 0.1) is 17.0 Å². The van der Waals surface area contributed by atoms with Crippen molar-refractivity contribution in [2.75, 3.05) is 0 Å². The minimum atomic E-state index is -1.13. The number of nitro groups is 1. The first-order chi connectivity index (χ1) is 5.52. The SMILES string of the molecule is Cc1cc(C(=O)O)sc1[N+](=O)[O-]. The van der Waals surface area contributed by atoms with E-state index in [4.69, 9.17) is 5.11 Å². The molecule has 12 heavy (non-hydrogen) atoms. The van der Waals surface area contributed by atoms with Gasteiger partial charge in [0.05, 0.1) is 4.92 Å². The van der Waals surface area contributed by atoms with Crippen LogP contribution in [0.2, 0.25) is 0 Å². The molecule has 0 aliphatic rings. The van der Waals surface area contributed by atoms with Crippen molar-refractivity contribution in [2.45, 2.75) is 6.92 Å². The van der Waals surface area contributed by atoms with E-state index in [1.807, 2.05) is 0 Å². The third-order valence-corrected chi connectivity index (χ3v) is 2.44. The van der Waals surface area contributed by atoms with Gasteiger partial charge >= 0.3 is 11.0 Å². The average Bonchev–Trinajstić information content (AvgIpc) is 2.30. The summed E-state index contributed by atoms with van der Waals surface area (Å²) in [4.78, 5) is 20.1. The van der Waals surface area contributed by atoms with Crippen molar-refractivity contribution < 1.29 is 14.8 Å². The first-order valence-corrected chi connectivity index (χ1v) is 3.82. The van der Waals surface area contributed by atoms with Crippen LogP contribution >= 0.6 is 11.3 Å². The molecule has 1 rings (SSSR count). The van der Waals surface area contributed by atoms with Gasteiger partial charge in [0.1, 0.15) is 4.88 Å². The van der Waals surface area contributed by atoms with E-state index in [0.29, 0.717) is 16.9 Å². The van der Waals surface area contributed by atoms with Crippen molar-refractivity contribution >= 4 is 22.3 Å². The van der Waals surface area contributed by atoms with Crippen LogP contribution in [-0.4, -0.2) is 16.0 Å². The Morgan fingerprint density at radius 2 is 2.33 bits per heavy atom. The summed E-state index contributed by atoms with van der Waals surface area (Å²) in [6.45, 7) is 1.51. The van der Waals surface area contributed by atoms with Crippen LogP contribution < -0.4 is 0 Å². The Bertz CT molecular complexity index is 343. The molecule has 0 atom stereocenters. The standard InChI is InChI=1S/C6H5NO4S/c1-3-2-4(6(8)9)12-5(3)7(10)11/h2H,1H3,(H,8,9). The summed E-state index contributed by atoms with van der Waals surface area (Å²) in [5, 5.41) is 18.7. The Kier molecular flexibility index (Phi) is 2.09. The lowest BCUT2D eigenvalue weighted by molar-refractivity contribution is -0.380. The number of carboxylic acid groups (broad SMARTS) is 1. The Morgan fingerprint density at radius 1 is 1.75 bits per heavy atom. The number of thiophene rings is 1. The fourth-order valence-electron chi connectivity index (χ4n) is 0.759. The molecule has 0 unspecified atom stereocenters. The monoisotopic (exact) mass is 187 g/mol. The maximum absolute atomic E-state index is 10.4. The van der Waals surface area contributed by atoms with Gasteiger partial charge < -0.3 is 5.11 Å². The van der Waals surface area contributed by atoms with Crippen LogP contribution in [0.5, 0.6) is 0 Å². The number of carbonyl (C=O) groups is 1. The van der Waals surface area contributed by atoms with Gasteiger partial charge in [-0.25, -0.2) is 4.79 Å². The number of aryl methyl sites for hydroxylation is 1. The van der Waals surface area contributed by atoms with E-state index in [1.54, 1.807) is 0 Å². The van der Waals surface area contributed by atoms with E-state index in [2.05, 4.69) is 0 Å². The van der Waals surface area contributed by atoms with E-state index in [1.165, 1.54) is 13.0 Å². The predicted octanol–water partition coefficient (Wildman–Crippen LogP) is 1.66. The van der Waals surface area contributed by atoms with Gasteiger partial charge in [0.25, 0.3) is 0 Å². The number of hydrogen-bond acceptors (Lipinski definition) is 4. The van der Waals surface area contributed by atoms with Crippen LogP contribution in [-0.2, 0) is 0 Å². The van der Waals surface area contributed by atoms with Crippen LogP contribution in [0.3, 0.4) is 0 Å². The van der Waals surface area contributed by atoms with E-state index >= 15 is 0 Å². The third-order valence-electron chi connectivity index (χ3n) is 1.27. The predicted molar refractivity (Wildman–Crippen MR) is 42.7 cm³/mol. The van der Waals surface area contributed by atoms with Crippen molar-refractivity contribution in [1.82, 2.24) is 0 Å². The second-order valence-electron chi connectivity index (χ2n) is 2.16. The number of nitrogens with zero attached hydrogens (tertiary/aromatic N) is 1. The zero-order valence-electron chi connectivity index (χ0n) is 6.10. The highest BCUT2D eigenvalue weighted by Gasteiger charge is 2.18. The Labute approximate surface area is 71.4 Å². The lowest BCUT2D eigenvalue weighted by Gasteiger charge is -1.83. The first-order valence-electron chi connectivity index (χ1n) is 3.00. The van der Waals surface area contributed by atoms with E-state index < -0.39 is 10.9 Å². The maximum atomic E-state index is 10.4. The second-order valence-corrected chi connectivity index (χ2v) is 3.19. The van der Waals surface area contributed by atoms with Crippen LogP contribution in [0.15, 0.2) is 6.07 Å². The Balaban J connectivity index is 3.17. The molecule has 64 valence electrons. The molecule has 1 N–H and O–H groups in total. The smallest absolute Gasteiger partial charge is 0.346 e. The van der Waals surface area contributed by atoms with Gasteiger partial charge in [-0.05, 0) is 13.0 Å². The molecule has 5 nitrogen and oxygen atoms in total. The van der Waals surface area contributed by atoms with Gasteiger partial charge in [-0.3, -0.25) is 10.1 Å². The molecular formula is C6H5NO4S. The van der Waals surface area contributed by atoms with Crippen molar-refractivity contribution in [1.29, 1.82) is 0 Å². The summed E-state index contributed by atoms with van der Waals surface area (Å²) in [5.41, 5.74) is 0.391. The fraction of sp³-hybridized carbons (Fsp3) is 0.167. The number of aromatic carboxylic acids is 1. The highest BCUT2D eigenvalue weighted by Crippen LogP contribution is 2.28. The zero-order valence-corrected chi connectivity index (χ0v) is 6.92. The van der Waals surface area contributed by atoms with Gasteiger partial charge in [-0.15, -0.1) is 0 Å². The fourth-order valence-corrected chi connectivity index (χ4v) is 1.58. The van der Waals surface area contributed by atoms with Gasteiger partial charge in [-0.1, -0.05) is 11.3 Å². The van der Waals surface area contributed by atoms with Gasteiger partial charge in [0.2, 0.25) is 0 Å². The van der Waals surface area contributed by atoms with Crippen molar-refractivity contribution in [3.05, 3.63) is 26.6 Å². The van der Waals surface area contributed by atoms with Crippen molar-refractivity contribution in [2.24, 2.45) is 0 Å². The summed E-state index contributed by atoms with van der Waals surface area (Å²) >= 11 is 0.677. The van der Waals surface area contributed by atoms with Crippen LogP contribution in [0.4, 0.5) is 5.00 Å². The molecule has 0 fully saturated rings. The molecule has 0 saturated heterocycles. The van der Waals surface area contributed by atoms with E-state index in [9.17, 15) is 14.9 Å². The minimum Gasteiger partial charge on any atom is -0.477 e. The molecule has 0 radical (unpaired) electrons. The zero-order chi connectivity index (χ0) is 9.30. The summed E-state index contributed by atoms with van der Waals surface area (Å²) < 4.78 is 0. The molecule has 1 aromatic heterocycles. The van der Waals surface area contributed by atoms with Crippen LogP contribution in [0.1, 0.15) is 15.2 Å². The molecule has 0 spiro atoms. The lowest BCUT2D eigenvalue weighted by Crippen LogP contribution is -1.89. The molecule has 1 aromatic rings. The van der Waals surface area contributed by atoms with Crippen molar-refractivity contribution in [3.63, 3.8) is 0 Å². The Hall–Kier alpha value is -1.43. The number of carboxylic acids is 1. The average molecular weight is 187 g/mol. The molecule has 0 aliphatic carbocycles. The summed E-state index contributed by atoms with van der Waals surface area (Å²) in [5.74, 6) is -1.13. The van der Waals surface area contributed by atoms with E-state index in [-0.39, 0.29) is 9.88 Å². The molecule has 0 bridgehead atoms. The second kappa shape index (κ2) is 2.90. The molecule has 0 amide bonds. The van der Waals surface area contributed by atoms with Gasteiger partial charge in [0.15, 0.2) is 0 Å². The molecule has 1 heterocycles. The largest absolute Gasteiger partial charge is 0.477 e. The molecule has 0 aromatic carbocycles. The highest BCUT2D eigenvalue weighted by atomic mass is 32.1.